The quantitative estimate of drug-likeness (QED) is 0.717. The third-order valence-electron chi connectivity index (χ3n) is 3.72. The number of hydrogen-bond donors (Lipinski definition) is 2. The average Bonchev–Trinajstić information content (AvgIpc) is 2.33. The van der Waals surface area contributed by atoms with Gasteiger partial charge >= 0.3 is 0 Å². The lowest BCUT2D eigenvalue weighted by Crippen LogP contribution is -2.43. The zero-order chi connectivity index (χ0) is 12.8. The molecule has 1 saturated carbocycles. The maximum absolute atomic E-state index is 11.7. The zero-order valence-corrected chi connectivity index (χ0v) is 11.1. The molecule has 2 N–H and O–H groups in total. The van der Waals surface area contributed by atoms with Gasteiger partial charge in [-0.05, 0) is 45.2 Å². The minimum atomic E-state index is 0.0129. The number of nitrogens with one attached hydrogen (secondary N) is 2. The van der Waals surface area contributed by atoms with E-state index in [1.54, 1.807) is 0 Å². The van der Waals surface area contributed by atoms with Crippen LogP contribution in [-0.4, -0.2) is 51.5 Å². The Bertz CT molecular complexity index is 261. The van der Waals surface area contributed by atoms with Crippen molar-refractivity contribution in [3.8, 4) is 0 Å². The molecule has 0 bridgehead atoms. The van der Waals surface area contributed by atoms with Gasteiger partial charge in [-0.3, -0.25) is 4.79 Å². The molecule has 18 heavy (non-hydrogen) atoms. The summed E-state index contributed by atoms with van der Waals surface area (Å²) in [6.07, 6.45) is 4.26. The van der Waals surface area contributed by atoms with Gasteiger partial charge in [-0.2, -0.15) is 0 Å². The Morgan fingerprint density at radius 2 is 2.06 bits per heavy atom. The van der Waals surface area contributed by atoms with Crippen LogP contribution in [0.5, 0.6) is 0 Å². The molecule has 0 radical (unpaired) electrons. The lowest BCUT2D eigenvalue weighted by Gasteiger charge is -2.35. The van der Waals surface area contributed by atoms with Crippen molar-refractivity contribution in [1.82, 2.24) is 10.6 Å². The van der Waals surface area contributed by atoms with E-state index < -0.39 is 0 Å². The minimum Gasteiger partial charge on any atom is -0.381 e. The predicted octanol–water partition coefficient (Wildman–Crippen LogP) is 0.296. The molecule has 2 fully saturated rings. The number of carbonyl (C=O) groups is 1. The standard InChI is InChI=1S/C13H24N2O3/c1-14-8-10-6-12(7-10)18-9-13(16)15-11-2-4-17-5-3-11/h10-12,14H,2-9H2,1H3,(H,15,16). The van der Waals surface area contributed by atoms with Gasteiger partial charge in [0.2, 0.25) is 5.91 Å². The fourth-order valence-corrected chi connectivity index (χ4v) is 2.57. The average molecular weight is 256 g/mol. The molecular weight excluding hydrogens is 232 g/mol. The zero-order valence-electron chi connectivity index (χ0n) is 11.1. The SMILES string of the molecule is CNCC1CC(OCC(=O)NC2CCOCC2)C1. The molecule has 104 valence electrons. The predicted molar refractivity (Wildman–Crippen MR) is 68.4 cm³/mol. The van der Waals surface area contributed by atoms with Crippen molar-refractivity contribution in [3.63, 3.8) is 0 Å². The van der Waals surface area contributed by atoms with Crippen LogP contribution in [0.25, 0.3) is 0 Å². The molecule has 5 nitrogen and oxygen atoms in total. The molecule has 0 spiro atoms. The maximum Gasteiger partial charge on any atom is 0.246 e. The second kappa shape index (κ2) is 7.07. The first-order valence-electron chi connectivity index (χ1n) is 6.91. The highest BCUT2D eigenvalue weighted by Gasteiger charge is 2.29. The lowest BCUT2D eigenvalue weighted by molar-refractivity contribution is -0.132. The van der Waals surface area contributed by atoms with Gasteiger partial charge in [0.25, 0.3) is 0 Å². The topological polar surface area (TPSA) is 59.6 Å². The molecule has 1 amide bonds. The van der Waals surface area contributed by atoms with Crippen LogP contribution in [0.2, 0.25) is 0 Å². The largest absolute Gasteiger partial charge is 0.381 e. The Hall–Kier alpha value is -0.650. The van der Waals surface area contributed by atoms with Crippen LogP contribution >= 0.6 is 0 Å². The number of hydrogen-bond acceptors (Lipinski definition) is 4. The molecule has 0 unspecified atom stereocenters. The molecule has 0 aromatic heterocycles. The van der Waals surface area contributed by atoms with Gasteiger partial charge in [0.15, 0.2) is 0 Å². The Balaban J connectivity index is 1.52. The molecule has 1 heterocycles. The number of rotatable bonds is 6. The van der Waals surface area contributed by atoms with Gasteiger partial charge in [-0.25, -0.2) is 0 Å². The first kappa shape index (κ1) is 13.8. The molecule has 0 aromatic carbocycles. The van der Waals surface area contributed by atoms with E-state index in [1.165, 1.54) is 0 Å². The Morgan fingerprint density at radius 1 is 1.33 bits per heavy atom. The second-order valence-corrected chi connectivity index (χ2v) is 5.28. The second-order valence-electron chi connectivity index (χ2n) is 5.28. The highest BCUT2D eigenvalue weighted by atomic mass is 16.5. The van der Waals surface area contributed by atoms with E-state index in [2.05, 4.69) is 10.6 Å². The summed E-state index contributed by atoms with van der Waals surface area (Å²) >= 11 is 0. The number of carbonyl (C=O) groups excluding carboxylic acids is 1. The first-order valence-corrected chi connectivity index (χ1v) is 6.91. The van der Waals surface area contributed by atoms with Crippen LogP contribution in [-0.2, 0) is 14.3 Å². The molecule has 1 aliphatic heterocycles. The summed E-state index contributed by atoms with van der Waals surface area (Å²) in [5.41, 5.74) is 0. The van der Waals surface area contributed by atoms with Crippen LogP contribution in [0.15, 0.2) is 0 Å². The molecule has 2 rings (SSSR count). The minimum absolute atomic E-state index is 0.0129. The van der Waals surface area contributed by atoms with E-state index in [1.807, 2.05) is 7.05 Å². The van der Waals surface area contributed by atoms with Gasteiger partial charge in [-0.1, -0.05) is 0 Å². The molecule has 2 aliphatic rings. The first-order chi connectivity index (χ1) is 8.78. The summed E-state index contributed by atoms with van der Waals surface area (Å²) in [6, 6.07) is 0.272. The van der Waals surface area contributed by atoms with E-state index in [-0.39, 0.29) is 24.7 Å². The summed E-state index contributed by atoms with van der Waals surface area (Å²) in [6.45, 7) is 2.75. The highest BCUT2D eigenvalue weighted by molar-refractivity contribution is 5.77. The van der Waals surface area contributed by atoms with Crippen molar-refractivity contribution in [2.24, 2.45) is 5.92 Å². The van der Waals surface area contributed by atoms with Crippen LogP contribution < -0.4 is 10.6 Å². The summed E-state index contributed by atoms with van der Waals surface area (Å²) in [5.74, 6) is 0.734. The van der Waals surface area contributed by atoms with E-state index in [9.17, 15) is 4.79 Å². The lowest BCUT2D eigenvalue weighted by atomic mass is 9.82. The van der Waals surface area contributed by atoms with Crippen molar-refractivity contribution < 1.29 is 14.3 Å². The summed E-state index contributed by atoms with van der Waals surface area (Å²) < 4.78 is 10.8. The van der Waals surface area contributed by atoms with Crippen LogP contribution in [0, 0.1) is 5.92 Å². The van der Waals surface area contributed by atoms with Crippen molar-refractivity contribution in [3.05, 3.63) is 0 Å². The van der Waals surface area contributed by atoms with Crippen molar-refractivity contribution in [2.45, 2.75) is 37.8 Å². The van der Waals surface area contributed by atoms with Crippen molar-refractivity contribution >= 4 is 5.91 Å². The summed E-state index contributed by atoms with van der Waals surface area (Å²) in [7, 11) is 1.97. The monoisotopic (exact) mass is 256 g/mol. The fourth-order valence-electron chi connectivity index (χ4n) is 2.57. The van der Waals surface area contributed by atoms with Gasteiger partial charge in [0, 0.05) is 19.3 Å². The van der Waals surface area contributed by atoms with Crippen LogP contribution in [0.4, 0.5) is 0 Å². The molecule has 0 atom stereocenters. The molecule has 0 aromatic rings. The Kier molecular flexibility index (Phi) is 5.41. The van der Waals surface area contributed by atoms with Gasteiger partial charge in [-0.15, -0.1) is 0 Å². The Labute approximate surface area is 109 Å². The third kappa shape index (κ3) is 4.23. The molecule has 1 aliphatic carbocycles. The molecule has 1 saturated heterocycles. The number of ether oxygens (including phenoxy) is 2. The molecule has 5 heteroatoms. The summed E-state index contributed by atoms with van der Waals surface area (Å²) in [4.78, 5) is 11.7. The fraction of sp³-hybridized carbons (Fsp3) is 0.923. The van der Waals surface area contributed by atoms with E-state index in [0.717, 1.165) is 51.4 Å². The third-order valence-corrected chi connectivity index (χ3v) is 3.72. The van der Waals surface area contributed by atoms with E-state index in [4.69, 9.17) is 9.47 Å². The maximum atomic E-state index is 11.7. The van der Waals surface area contributed by atoms with Crippen molar-refractivity contribution in [1.29, 1.82) is 0 Å². The number of amides is 1. The molecular formula is C13H24N2O3. The van der Waals surface area contributed by atoms with Crippen LogP contribution in [0.3, 0.4) is 0 Å². The van der Waals surface area contributed by atoms with Gasteiger partial charge in [0.05, 0.1) is 6.10 Å². The smallest absolute Gasteiger partial charge is 0.246 e. The van der Waals surface area contributed by atoms with Crippen LogP contribution in [0.1, 0.15) is 25.7 Å². The van der Waals surface area contributed by atoms with Gasteiger partial charge < -0.3 is 20.1 Å². The van der Waals surface area contributed by atoms with E-state index in [0.29, 0.717) is 0 Å². The van der Waals surface area contributed by atoms with Crippen molar-refractivity contribution in [2.75, 3.05) is 33.4 Å². The normalized spacial score (nSPS) is 28.7. The highest BCUT2D eigenvalue weighted by Crippen LogP contribution is 2.29. The van der Waals surface area contributed by atoms with E-state index >= 15 is 0 Å². The summed E-state index contributed by atoms with van der Waals surface area (Å²) in [5, 5.41) is 6.17. The van der Waals surface area contributed by atoms with Gasteiger partial charge in [0.1, 0.15) is 6.61 Å². The Morgan fingerprint density at radius 3 is 2.72 bits per heavy atom.